The summed E-state index contributed by atoms with van der Waals surface area (Å²) in [7, 11) is 0. The first-order valence-electron chi connectivity index (χ1n) is 6.13. The SMILES string of the molecule is CCNCc1cc(Br)ccc1N1CCC(O)C1. The van der Waals surface area contributed by atoms with E-state index in [9.17, 15) is 5.11 Å². The molecule has 0 bridgehead atoms. The molecule has 0 saturated carbocycles. The van der Waals surface area contributed by atoms with Crippen LogP contribution in [0.5, 0.6) is 0 Å². The lowest BCUT2D eigenvalue weighted by molar-refractivity contribution is 0.198. The predicted octanol–water partition coefficient (Wildman–Crippen LogP) is 2.13. The summed E-state index contributed by atoms with van der Waals surface area (Å²) in [6.45, 7) is 5.65. The van der Waals surface area contributed by atoms with Crippen LogP contribution in [0.25, 0.3) is 0 Å². The second-order valence-corrected chi connectivity index (χ2v) is 5.36. The number of nitrogens with zero attached hydrogens (tertiary/aromatic N) is 1. The van der Waals surface area contributed by atoms with E-state index in [1.165, 1.54) is 11.3 Å². The van der Waals surface area contributed by atoms with Gasteiger partial charge in [-0.25, -0.2) is 0 Å². The fourth-order valence-electron chi connectivity index (χ4n) is 2.22. The molecule has 1 aromatic carbocycles. The van der Waals surface area contributed by atoms with Crippen LogP contribution in [0.3, 0.4) is 0 Å². The topological polar surface area (TPSA) is 35.5 Å². The molecule has 2 N–H and O–H groups in total. The zero-order valence-corrected chi connectivity index (χ0v) is 11.7. The molecule has 94 valence electrons. The van der Waals surface area contributed by atoms with E-state index in [2.05, 4.69) is 51.3 Å². The van der Waals surface area contributed by atoms with Crippen LogP contribution in [0.2, 0.25) is 0 Å². The first-order chi connectivity index (χ1) is 8.20. The van der Waals surface area contributed by atoms with Crippen molar-refractivity contribution in [2.24, 2.45) is 0 Å². The highest BCUT2D eigenvalue weighted by Gasteiger charge is 2.22. The molecular weight excluding hydrogens is 280 g/mol. The molecular formula is C13H19BrN2O. The van der Waals surface area contributed by atoms with Crippen molar-refractivity contribution in [3.8, 4) is 0 Å². The van der Waals surface area contributed by atoms with Crippen molar-refractivity contribution < 1.29 is 5.11 Å². The van der Waals surface area contributed by atoms with Crippen LogP contribution >= 0.6 is 15.9 Å². The molecule has 0 aliphatic carbocycles. The third-order valence-electron chi connectivity index (χ3n) is 3.11. The Labute approximate surface area is 111 Å². The molecule has 17 heavy (non-hydrogen) atoms. The van der Waals surface area contributed by atoms with Gasteiger partial charge in [-0.05, 0) is 36.7 Å². The molecule has 1 aliphatic heterocycles. The number of hydrogen-bond donors (Lipinski definition) is 2. The van der Waals surface area contributed by atoms with E-state index >= 15 is 0 Å². The van der Waals surface area contributed by atoms with Gasteiger partial charge in [0, 0.05) is 29.8 Å². The number of β-amino-alcohol motifs (C(OH)–C–C–N with tert-alkyl or cyclic N) is 1. The Bertz CT molecular complexity index is 384. The van der Waals surface area contributed by atoms with Crippen LogP contribution < -0.4 is 10.2 Å². The van der Waals surface area contributed by atoms with Gasteiger partial charge in [0.05, 0.1) is 6.10 Å². The third-order valence-corrected chi connectivity index (χ3v) is 3.60. The van der Waals surface area contributed by atoms with Gasteiger partial charge in [0.1, 0.15) is 0 Å². The van der Waals surface area contributed by atoms with Gasteiger partial charge in [-0.3, -0.25) is 0 Å². The van der Waals surface area contributed by atoms with E-state index in [1.54, 1.807) is 0 Å². The minimum atomic E-state index is -0.175. The summed E-state index contributed by atoms with van der Waals surface area (Å²) >= 11 is 3.51. The molecule has 3 nitrogen and oxygen atoms in total. The van der Waals surface area contributed by atoms with Gasteiger partial charge < -0.3 is 15.3 Å². The summed E-state index contributed by atoms with van der Waals surface area (Å²) in [6, 6.07) is 6.35. The van der Waals surface area contributed by atoms with Gasteiger partial charge in [-0.1, -0.05) is 22.9 Å². The smallest absolute Gasteiger partial charge is 0.0731 e. The van der Waals surface area contributed by atoms with Crippen LogP contribution in [-0.2, 0) is 6.54 Å². The Morgan fingerprint density at radius 1 is 1.53 bits per heavy atom. The van der Waals surface area contributed by atoms with Crippen molar-refractivity contribution in [1.82, 2.24) is 5.32 Å². The highest BCUT2D eigenvalue weighted by Crippen LogP contribution is 2.27. The molecule has 1 aromatic rings. The Kier molecular flexibility index (Phi) is 4.42. The molecule has 1 atom stereocenters. The predicted molar refractivity (Wildman–Crippen MR) is 74.4 cm³/mol. The molecule has 0 amide bonds. The third kappa shape index (κ3) is 3.21. The van der Waals surface area contributed by atoms with E-state index in [4.69, 9.17) is 0 Å². The van der Waals surface area contributed by atoms with E-state index in [1.807, 2.05) is 0 Å². The zero-order chi connectivity index (χ0) is 12.3. The number of benzene rings is 1. The maximum Gasteiger partial charge on any atom is 0.0731 e. The summed E-state index contributed by atoms with van der Waals surface area (Å²) in [6.07, 6.45) is 0.696. The van der Waals surface area contributed by atoms with Crippen molar-refractivity contribution >= 4 is 21.6 Å². The van der Waals surface area contributed by atoms with Gasteiger partial charge in [-0.15, -0.1) is 0 Å². The Morgan fingerprint density at radius 2 is 2.35 bits per heavy atom. The van der Waals surface area contributed by atoms with Gasteiger partial charge in [0.15, 0.2) is 0 Å². The van der Waals surface area contributed by atoms with E-state index in [0.29, 0.717) is 0 Å². The van der Waals surface area contributed by atoms with Crippen LogP contribution in [0.4, 0.5) is 5.69 Å². The fourth-order valence-corrected chi connectivity index (χ4v) is 2.63. The van der Waals surface area contributed by atoms with Crippen molar-refractivity contribution in [2.45, 2.75) is 26.0 Å². The first-order valence-corrected chi connectivity index (χ1v) is 6.92. The number of hydrogen-bond acceptors (Lipinski definition) is 3. The summed E-state index contributed by atoms with van der Waals surface area (Å²) in [4.78, 5) is 2.27. The highest BCUT2D eigenvalue weighted by atomic mass is 79.9. The quantitative estimate of drug-likeness (QED) is 0.894. The van der Waals surface area contributed by atoms with Crippen molar-refractivity contribution in [1.29, 1.82) is 0 Å². The van der Waals surface area contributed by atoms with E-state index < -0.39 is 0 Å². The summed E-state index contributed by atoms with van der Waals surface area (Å²) < 4.78 is 1.11. The number of rotatable bonds is 4. The molecule has 1 aliphatic rings. The standard InChI is InChI=1S/C13H19BrN2O/c1-2-15-8-10-7-11(14)3-4-13(10)16-6-5-12(17)9-16/h3-4,7,12,15,17H,2,5-6,8-9H2,1H3. The number of nitrogens with one attached hydrogen (secondary N) is 1. The van der Waals surface area contributed by atoms with Crippen LogP contribution in [0.1, 0.15) is 18.9 Å². The highest BCUT2D eigenvalue weighted by molar-refractivity contribution is 9.10. The molecule has 0 aromatic heterocycles. The lowest BCUT2D eigenvalue weighted by Crippen LogP contribution is -2.24. The van der Waals surface area contributed by atoms with Crippen molar-refractivity contribution in [2.75, 3.05) is 24.5 Å². The normalized spacial score (nSPS) is 19.9. The van der Waals surface area contributed by atoms with Gasteiger partial charge in [0.25, 0.3) is 0 Å². The largest absolute Gasteiger partial charge is 0.391 e. The number of halogens is 1. The molecule has 0 radical (unpaired) electrons. The van der Waals surface area contributed by atoms with E-state index in [0.717, 1.165) is 37.1 Å². The molecule has 2 rings (SSSR count). The molecule has 1 heterocycles. The molecule has 0 spiro atoms. The van der Waals surface area contributed by atoms with Gasteiger partial charge in [0.2, 0.25) is 0 Å². The molecule has 1 unspecified atom stereocenters. The fraction of sp³-hybridized carbons (Fsp3) is 0.538. The molecule has 1 saturated heterocycles. The second-order valence-electron chi connectivity index (χ2n) is 4.44. The monoisotopic (exact) mass is 298 g/mol. The average Bonchev–Trinajstić information content (AvgIpc) is 2.73. The zero-order valence-electron chi connectivity index (χ0n) is 10.1. The van der Waals surface area contributed by atoms with Crippen molar-refractivity contribution in [3.63, 3.8) is 0 Å². The van der Waals surface area contributed by atoms with Gasteiger partial charge in [-0.2, -0.15) is 0 Å². The van der Waals surface area contributed by atoms with Crippen molar-refractivity contribution in [3.05, 3.63) is 28.2 Å². The average molecular weight is 299 g/mol. The number of aliphatic hydroxyl groups is 1. The van der Waals surface area contributed by atoms with Crippen LogP contribution in [0, 0.1) is 0 Å². The van der Waals surface area contributed by atoms with E-state index in [-0.39, 0.29) is 6.10 Å². The molecule has 1 fully saturated rings. The Balaban J connectivity index is 2.19. The maximum atomic E-state index is 9.62. The lowest BCUT2D eigenvalue weighted by atomic mass is 10.1. The Hall–Kier alpha value is -0.580. The molecule has 4 heteroatoms. The summed E-state index contributed by atoms with van der Waals surface area (Å²) in [5.41, 5.74) is 2.53. The van der Waals surface area contributed by atoms with Crippen LogP contribution in [-0.4, -0.2) is 30.8 Å². The van der Waals surface area contributed by atoms with Gasteiger partial charge >= 0.3 is 0 Å². The summed E-state index contributed by atoms with van der Waals surface area (Å²) in [5.74, 6) is 0. The maximum absolute atomic E-state index is 9.62. The minimum absolute atomic E-state index is 0.175. The first kappa shape index (κ1) is 12.9. The van der Waals surface area contributed by atoms with Crippen LogP contribution in [0.15, 0.2) is 22.7 Å². The lowest BCUT2D eigenvalue weighted by Gasteiger charge is -2.22. The Morgan fingerprint density at radius 3 is 3.00 bits per heavy atom. The number of anilines is 1. The minimum Gasteiger partial charge on any atom is -0.391 e. The summed E-state index contributed by atoms with van der Waals surface area (Å²) in [5, 5.41) is 13.0. The number of aliphatic hydroxyl groups excluding tert-OH is 1. The second kappa shape index (κ2) is 5.85.